The molecule has 0 amide bonds. The van der Waals surface area contributed by atoms with Gasteiger partial charge in [-0.05, 0) is 19.9 Å². The van der Waals surface area contributed by atoms with Crippen molar-refractivity contribution in [2.75, 3.05) is 19.7 Å². The molecule has 0 aromatic heterocycles. The van der Waals surface area contributed by atoms with E-state index in [0.717, 1.165) is 12.6 Å². The third-order valence-electron chi connectivity index (χ3n) is 3.81. The van der Waals surface area contributed by atoms with Crippen LogP contribution < -0.4 is 11.3 Å². The Balaban J connectivity index is 2.25. The van der Waals surface area contributed by atoms with Crippen LogP contribution in [-0.4, -0.2) is 36.7 Å². The number of nitrogens with two attached hydrogens (primary N) is 1. The van der Waals surface area contributed by atoms with E-state index in [1.165, 1.54) is 6.07 Å². The molecule has 0 aliphatic carbocycles. The Hall–Kier alpha value is -1.15. The Morgan fingerprint density at radius 2 is 2.00 bits per heavy atom. The molecule has 0 spiro atoms. The van der Waals surface area contributed by atoms with E-state index in [9.17, 15) is 13.2 Å². The van der Waals surface area contributed by atoms with E-state index in [0.29, 0.717) is 19.2 Å². The molecular formula is C14H20F3N3O. The topological polar surface area (TPSA) is 50.5 Å². The number of rotatable bonds is 4. The number of benzene rings is 1. The number of nitrogens with zero attached hydrogens (tertiary/aromatic N) is 1. The SMILES string of the molecule is CC(C)N1CCOC(C(NN)c2ccc(F)c(F)c2F)C1. The number of nitrogens with one attached hydrogen (secondary N) is 1. The fourth-order valence-electron chi connectivity index (χ4n) is 2.55. The minimum atomic E-state index is -1.50. The predicted octanol–water partition coefficient (Wildman–Crippen LogP) is 1.72. The number of hydrogen-bond acceptors (Lipinski definition) is 4. The monoisotopic (exact) mass is 303 g/mol. The van der Waals surface area contributed by atoms with Crippen molar-refractivity contribution in [1.29, 1.82) is 0 Å². The Morgan fingerprint density at radius 3 is 2.62 bits per heavy atom. The van der Waals surface area contributed by atoms with Gasteiger partial charge < -0.3 is 4.74 Å². The van der Waals surface area contributed by atoms with Crippen LogP contribution in [0.15, 0.2) is 12.1 Å². The van der Waals surface area contributed by atoms with Gasteiger partial charge in [0.15, 0.2) is 17.5 Å². The van der Waals surface area contributed by atoms with Crippen LogP contribution >= 0.6 is 0 Å². The highest BCUT2D eigenvalue weighted by Gasteiger charge is 2.32. The molecule has 0 radical (unpaired) electrons. The fraction of sp³-hybridized carbons (Fsp3) is 0.571. The van der Waals surface area contributed by atoms with Crippen LogP contribution in [0, 0.1) is 17.5 Å². The zero-order valence-electron chi connectivity index (χ0n) is 12.1. The van der Waals surface area contributed by atoms with Crippen molar-refractivity contribution in [3.63, 3.8) is 0 Å². The van der Waals surface area contributed by atoms with Crippen molar-refractivity contribution in [2.45, 2.75) is 32.0 Å². The molecule has 3 N–H and O–H groups in total. The van der Waals surface area contributed by atoms with E-state index in [4.69, 9.17) is 10.6 Å². The first-order chi connectivity index (χ1) is 9.95. The molecule has 2 rings (SSSR count). The second kappa shape index (κ2) is 6.74. The van der Waals surface area contributed by atoms with Crippen molar-refractivity contribution >= 4 is 0 Å². The van der Waals surface area contributed by atoms with Gasteiger partial charge in [0.1, 0.15) is 0 Å². The first kappa shape index (κ1) is 16.2. The molecule has 1 saturated heterocycles. The Labute approximate surface area is 122 Å². The second-order valence-corrected chi connectivity index (χ2v) is 5.41. The van der Waals surface area contributed by atoms with Gasteiger partial charge in [0, 0.05) is 24.7 Å². The van der Waals surface area contributed by atoms with Gasteiger partial charge in [-0.2, -0.15) is 0 Å². The minimum absolute atomic E-state index is 0.0352. The first-order valence-corrected chi connectivity index (χ1v) is 6.90. The summed E-state index contributed by atoms with van der Waals surface area (Å²) in [4.78, 5) is 2.16. The standard InChI is InChI=1S/C14H20F3N3O/c1-8(2)20-5-6-21-11(7-20)14(19-18)9-3-4-10(15)13(17)12(9)16/h3-4,8,11,14,19H,5-7,18H2,1-2H3. The summed E-state index contributed by atoms with van der Waals surface area (Å²) in [7, 11) is 0. The van der Waals surface area contributed by atoms with Gasteiger partial charge in [-0.1, -0.05) is 6.07 Å². The van der Waals surface area contributed by atoms with Crippen LogP contribution in [0.4, 0.5) is 13.2 Å². The van der Waals surface area contributed by atoms with E-state index in [1.807, 2.05) is 13.8 Å². The summed E-state index contributed by atoms with van der Waals surface area (Å²) in [6.07, 6.45) is -0.439. The molecule has 4 nitrogen and oxygen atoms in total. The number of morpholine rings is 1. The highest BCUT2D eigenvalue weighted by molar-refractivity contribution is 5.25. The minimum Gasteiger partial charge on any atom is -0.374 e. The number of halogens is 3. The molecule has 1 fully saturated rings. The van der Waals surface area contributed by atoms with Gasteiger partial charge in [-0.15, -0.1) is 0 Å². The molecule has 0 saturated carbocycles. The summed E-state index contributed by atoms with van der Waals surface area (Å²) in [5, 5.41) is 0. The van der Waals surface area contributed by atoms with Gasteiger partial charge in [-0.3, -0.25) is 16.2 Å². The van der Waals surface area contributed by atoms with Crippen molar-refractivity contribution in [1.82, 2.24) is 10.3 Å². The van der Waals surface area contributed by atoms with E-state index in [1.54, 1.807) is 0 Å². The van der Waals surface area contributed by atoms with Gasteiger partial charge >= 0.3 is 0 Å². The maximum atomic E-state index is 13.9. The summed E-state index contributed by atoms with van der Waals surface area (Å²) < 4.78 is 46.0. The lowest BCUT2D eigenvalue weighted by atomic mass is 9.99. The second-order valence-electron chi connectivity index (χ2n) is 5.41. The number of hydrazine groups is 1. The molecule has 1 heterocycles. The van der Waals surface area contributed by atoms with Crippen LogP contribution in [0.3, 0.4) is 0 Å². The van der Waals surface area contributed by atoms with Gasteiger partial charge in [0.05, 0.1) is 18.8 Å². The fourth-order valence-corrected chi connectivity index (χ4v) is 2.55. The van der Waals surface area contributed by atoms with E-state index < -0.39 is 29.6 Å². The average molecular weight is 303 g/mol. The highest BCUT2D eigenvalue weighted by atomic mass is 19.2. The maximum Gasteiger partial charge on any atom is 0.194 e. The zero-order valence-corrected chi connectivity index (χ0v) is 12.1. The van der Waals surface area contributed by atoms with Gasteiger partial charge in [0.25, 0.3) is 0 Å². The molecule has 21 heavy (non-hydrogen) atoms. The molecule has 7 heteroatoms. The summed E-state index contributed by atoms with van der Waals surface area (Å²) in [6.45, 7) is 5.87. The summed E-state index contributed by atoms with van der Waals surface area (Å²) in [5.41, 5.74) is 2.42. The number of ether oxygens (including phenoxy) is 1. The van der Waals surface area contributed by atoms with Gasteiger partial charge in [-0.25, -0.2) is 13.2 Å². The smallest absolute Gasteiger partial charge is 0.194 e. The molecule has 2 unspecified atom stereocenters. The normalized spacial score (nSPS) is 21.8. The van der Waals surface area contributed by atoms with E-state index in [2.05, 4.69) is 10.3 Å². The van der Waals surface area contributed by atoms with Crippen molar-refractivity contribution in [2.24, 2.45) is 5.84 Å². The van der Waals surface area contributed by atoms with Crippen molar-refractivity contribution < 1.29 is 17.9 Å². The lowest BCUT2D eigenvalue weighted by Gasteiger charge is -2.38. The molecular weight excluding hydrogens is 283 g/mol. The third-order valence-corrected chi connectivity index (χ3v) is 3.81. The Morgan fingerprint density at radius 1 is 1.29 bits per heavy atom. The van der Waals surface area contributed by atoms with Crippen LogP contribution in [-0.2, 0) is 4.74 Å². The summed E-state index contributed by atoms with van der Waals surface area (Å²) >= 11 is 0. The lowest BCUT2D eigenvalue weighted by Crippen LogP contribution is -2.51. The predicted molar refractivity (Wildman–Crippen MR) is 72.8 cm³/mol. The maximum absolute atomic E-state index is 13.9. The molecule has 0 bridgehead atoms. The molecule has 1 aliphatic heterocycles. The highest BCUT2D eigenvalue weighted by Crippen LogP contribution is 2.27. The largest absolute Gasteiger partial charge is 0.374 e. The molecule has 1 aromatic carbocycles. The van der Waals surface area contributed by atoms with Crippen LogP contribution in [0.25, 0.3) is 0 Å². The first-order valence-electron chi connectivity index (χ1n) is 6.90. The van der Waals surface area contributed by atoms with E-state index in [-0.39, 0.29) is 5.56 Å². The molecule has 1 aromatic rings. The lowest BCUT2D eigenvalue weighted by molar-refractivity contribution is -0.0567. The molecule has 1 aliphatic rings. The van der Waals surface area contributed by atoms with Crippen molar-refractivity contribution in [3.05, 3.63) is 35.1 Å². The average Bonchev–Trinajstić information content (AvgIpc) is 2.48. The summed E-state index contributed by atoms with van der Waals surface area (Å²) in [6, 6.07) is 1.64. The van der Waals surface area contributed by atoms with Crippen LogP contribution in [0.5, 0.6) is 0 Å². The third kappa shape index (κ3) is 3.37. The number of hydrogen-bond donors (Lipinski definition) is 2. The zero-order chi connectivity index (χ0) is 15.6. The Kier molecular flexibility index (Phi) is 5.21. The van der Waals surface area contributed by atoms with Gasteiger partial charge in [0.2, 0.25) is 0 Å². The quantitative estimate of drug-likeness (QED) is 0.505. The Bertz CT molecular complexity index is 499. The summed E-state index contributed by atoms with van der Waals surface area (Å²) in [5.74, 6) is 1.53. The van der Waals surface area contributed by atoms with E-state index >= 15 is 0 Å². The molecule has 2 atom stereocenters. The van der Waals surface area contributed by atoms with Crippen LogP contribution in [0.1, 0.15) is 25.5 Å². The van der Waals surface area contributed by atoms with Crippen molar-refractivity contribution in [3.8, 4) is 0 Å². The van der Waals surface area contributed by atoms with Crippen LogP contribution in [0.2, 0.25) is 0 Å². The molecule has 118 valence electrons.